The van der Waals surface area contributed by atoms with E-state index in [2.05, 4.69) is 20.8 Å². The third-order valence-electron chi connectivity index (χ3n) is 2.79. The summed E-state index contributed by atoms with van der Waals surface area (Å²) in [6, 6.07) is 8.61. The van der Waals surface area contributed by atoms with Crippen LogP contribution in [-0.2, 0) is 0 Å². The molecule has 6 heteroatoms. The van der Waals surface area contributed by atoms with Gasteiger partial charge in [0.25, 0.3) is 0 Å². The number of nitrogens with one attached hydrogen (secondary N) is 3. The van der Waals surface area contributed by atoms with Gasteiger partial charge in [0.15, 0.2) is 5.82 Å². The number of rotatable bonds is 4. The molecule has 0 saturated carbocycles. The zero-order valence-electron chi connectivity index (χ0n) is 11.7. The standard InChI is InChI=1S/C14H18N4O2/c1-9(2)12-8-13(18-17-12)16-14(19)15-10-5-4-6-11(7-10)20-3/h4-9H,1-3H3,(H3,15,16,17,18,19). The first kappa shape index (κ1) is 13.9. The van der Waals surface area contributed by atoms with Crippen LogP contribution in [0.1, 0.15) is 25.5 Å². The molecule has 2 rings (SSSR count). The molecule has 20 heavy (non-hydrogen) atoms. The molecule has 0 aliphatic heterocycles. The molecule has 0 bridgehead atoms. The van der Waals surface area contributed by atoms with Crippen molar-refractivity contribution in [2.24, 2.45) is 0 Å². The molecule has 1 aromatic heterocycles. The minimum absolute atomic E-state index is 0.333. The lowest BCUT2D eigenvalue weighted by molar-refractivity contribution is 0.262. The second-order valence-corrected chi connectivity index (χ2v) is 4.67. The highest BCUT2D eigenvalue weighted by atomic mass is 16.5. The Kier molecular flexibility index (Phi) is 4.24. The predicted octanol–water partition coefficient (Wildman–Crippen LogP) is 3.19. The summed E-state index contributed by atoms with van der Waals surface area (Å²) < 4.78 is 5.10. The number of aromatic amines is 1. The molecular weight excluding hydrogens is 256 g/mol. The molecule has 2 aromatic rings. The predicted molar refractivity (Wildman–Crippen MR) is 78.3 cm³/mol. The number of hydrogen-bond donors (Lipinski definition) is 3. The summed E-state index contributed by atoms with van der Waals surface area (Å²) in [6.07, 6.45) is 0. The van der Waals surface area contributed by atoms with Crippen LogP contribution in [-0.4, -0.2) is 23.3 Å². The van der Waals surface area contributed by atoms with Crippen LogP contribution in [0.15, 0.2) is 30.3 Å². The Hall–Kier alpha value is -2.50. The van der Waals surface area contributed by atoms with E-state index in [-0.39, 0.29) is 6.03 Å². The summed E-state index contributed by atoms with van der Waals surface area (Å²) in [5.41, 5.74) is 1.63. The number of benzene rings is 1. The Balaban J connectivity index is 1.97. The van der Waals surface area contributed by atoms with Gasteiger partial charge in [0.1, 0.15) is 5.75 Å². The van der Waals surface area contributed by atoms with Crippen LogP contribution in [0.2, 0.25) is 0 Å². The Bertz CT molecular complexity index is 592. The third kappa shape index (κ3) is 3.50. The fraction of sp³-hybridized carbons (Fsp3) is 0.286. The van der Waals surface area contributed by atoms with Crippen LogP contribution < -0.4 is 15.4 Å². The summed E-state index contributed by atoms with van der Waals surface area (Å²) in [5.74, 6) is 1.51. The average Bonchev–Trinajstić information content (AvgIpc) is 2.87. The van der Waals surface area contributed by atoms with Gasteiger partial charge in [-0.25, -0.2) is 4.79 Å². The summed E-state index contributed by atoms with van der Waals surface area (Å²) in [6.45, 7) is 4.10. The molecular formula is C14H18N4O2. The van der Waals surface area contributed by atoms with Crippen LogP contribution >= 0.6 is 0 Å². The number of urea groups is 1. The maximum absolute atomic E-state index is 11.8. The Morgan fingerprint density at radius 3 is 2.75 bits per heavy atom. The number of ether oxygens (including phenoxy) is 1. The monoisotopic (exact) mass is 274 g/mol. The Labute approximate surface area is 117 Å². The molecule has 0 spiro atoms. The van der Waals surface area contributed by atoms with E-state index in [1.807, 2.05) is 26.0 Å². The van der Waals surface area contributed by atoms with Crippen LogP contribution in [0.3, 0.4) is 0 Å². The van der Waals surface area contributed by atoms with E-state index in [1.54, 1.807) is 25.3 Å². The molecule has 0 unspecified atom stereocenters. The fourth-order valence-electron chi connectivity index (χ4n) is 1.68. The largest absolute Gasteiger partial charge is 0.497 e. The minimum Gasteiger partial charge on any atom is -0.497 e. The summed E-state index contributed by atoms with van der Waals surface area (Å²) in [5, 5.41) is 12.3. The minimum atomic E-state index is -0.347. The van der Waals surface area contributed by atoms with Crippen molar-refractivity contribution in [2.45, 2.75) is 19.8 Å². The maximum Gasteiger partial charge on any atom is 0.324 e. The SMILES string of the molecule is COc1cccc(NC(=O)Nc2cc(C(C)C)[nH]n2)c1. The van der Waals surface area contributed by atoms with E-state index in [1.165, 1.54) is 0 Å². The van der Waals surface area contributed by atoms with E-state index >= 15 is 0 Å². The lowest BCUT2D eigenvalue weighted by atomic mass is 10.1. The van der Waals surface area contributed by atoms with Gasteiger partial charge in [0, 0.05) is 23.5 Å². The van der Waals surface area contributed by atoms with Gasteiger partial charge < -0.3 is 10.1 Å². The first-order chi connectivity index (χ1) is 9.58. The Morgan fingerprint density at radius 1 is 1.30 bits per heavy atom. The Morgan fingerprint density at radius 2 is 2.10 bits per heavy atom. The normalized spacial score (nSPS) is 10.4. The number of amides is 2. The van der Waals surface area contributed by atoms with E-state index in [0.29, 0.717) is 23.2 Å². The quantitative estimate of drug-likeness (QED) is 0.801. The average molecular weight is 274 g/mol. The first-order valence-electron chi connectivity index (χ1n) is 6.36. The number of aromatic nitrogens is 2. The molecule has 0 radical (unpaired) electrons. The topological polar surface area (TPSA) is 79.0 Å². The van der Waals surface area contributed by atoms with Gasteiger partial charge >= 0.3 is 6.03 Å². The number of nitrogens with zero attached hydrogens (tertiary/aromatic N) is 1. The van der Waals surface area contributed by atoms with Gasteiger partial charge in [0.05, 0.1) is 7.11 Å². The van der Waals surface area contributed by atoms with Crippen molar-refractivity contribution in [3.05, 3.63) is 36.0 Å². The summed E-state index contributed by atoms with van der Waals surface area (Å²) in [7, 11) is 1.58. The van der Waals surface area contributed by atoms with Crippen LogP contribution in [0.25, 0.3) is 0 Å². The highest BCUT2D eigenvalue weighted by Gasteiger charge is 2.08. The molecule has 0 fully saturated rings. The van der Waals surface area contributed by atoms with Gasteiger partial charge in [-0.05, 0) is 18.1 Å². The van der Waals surface area contributed by atoms with Crippen molar-refractivity contribution in [3.63, 3.8) is 0 Å². The number of anilines is 2. The van der Waals surface area contributed by atoms with Crippen molar-refractivity contribution in [1.29, 1.82) is 0 Å². The van der Waals surface area contributed by atoms with E-state index in [4.69, 9.17) is 4.74 Å². The van der Waals surface area contributed by atoms with E-state index < -0.39 is 0 Å². The van der Waals surface area contributed by atoms with Gasteiger partial charge in [-0.1, -0.05) is 19.9 Å². The van der Waals surface area contributed by atoms with Crippen molar-refractivity contribution >= 4 is 17.5 Å². The molecule has 1 heterocycles. The second kappa shape index (κ2) is 6.10. The molecule has 2 amide bonds. The highest BCUT2D eigenvalue weighted by Crippen LogP contribution is 2.18. The van der Waals surface area contributed by atoms with Gasteiger partial charge in [-0.15, -0.1) is 0 Å². The van der Waals surface area contributed by atoms with Crippen molar-refractivity contribution in [1.82, 2.24) is 10.2 Å². The smallest absolute Gasteiger partial charge is 0.324 e. The third-order valence-corrected chi connectivity index (χ3v) is 2.79. The fourth-order valence-corrected chi connectivity index (χ4v) is 1.68. The van der Waals surface area contributed by atoms with Crippen molar-refractivity contribution in [2.75, 3.05) is 17.7 Å². The first-order valence-corrected chi connectivity index (χ1v) is 6.36. The van der Waals surface area contributed by atoms with E-state index in [0.717, 1.165) is 5.69 Å². The lowest BCUT2D eigenvalue weighted by Gasteiger charge is -2.07. The molecule has 6 nitrogen and oxygen atoms in total. The zero-order chi connectivity index (χ0) is 14.5. The molecule has 1 aromatic carbocycles. The van der Waals surface area contributed by atoms with Crippen LogP contribution in [0, 0.1) is 0 Å². The number of carbonyl (C=O) groups excluding carboxylic acids is 1. The second-order valence-electron chi connectivity index (χ2n) is 4.67. The number of H-pyrrole nitrogens is 1. The van der Waals surface area contributed by atoms with E-state index in [9.17, 15) is 4.79 Å². The van der Waals surface area contributed by atoms with Gasteiger partial charge in [-0.3, -0.25) is 10.4 Å². The highest BCUT2D eigenvalue weighted by molar-refractivity contribution is 5.99. The molecule has 0 aliphatic carbocycles. The molecule has 106 valence electrons. The van der Waals surface area contributed by atoms with Crippen molar-refractivity contribution < 1.29 is 9.53 Å². The molecule has 0 aliphatic rings. The zero-order valence-corrected chi connectivity index (χ0v) is 11.7. The summed E-state index contributed by atoms with van der Waals surface area (Å²) in [4.78, 5) is 11.8. The summed E-state index contributed by atoms with van der Waals surface area (Å²) >= 11 is 0. The van der Waals surface area contributed by atoms with Crippen LogP contribution in [0.5, 0.6) is 5.75 Å². The van der Waals surface area contributed by atoms with Gasteiger partial charge in [0.2, 0.25) is 0 Å². The molecule has 0 atom stereocenters. The van der Waals surface area contributed by atoms with Gasteiger partial charge in [-0.2, -0.15) is 5.10 Å². The maximum atomic E-state index is 11.8. The molecule has 3 N–H and O–H groups in total. The molecule has 0 saturated heterocycles. The number of hydrogen-bond acceptors (Lipinski definition) is 3. The lowest BCUT2D eigenvalue weighted by Crippen LogP contribution is -2.19. The number of methoxy groups -OCH3 is 1. The van der Waals surface area contributed by atoms with Crippen LogP contribution in [0.4, 0.5) is 16.3 Å². The van der Waals surface area contributed by atoms with Crippen molar-refractivity contribution in [3.8, 4) is 5.75 Å². The number of carbonyl (C=O) groups is 1.